The second-order valence-electron chi connectivity index (χ2n) is 9.26. The SMILES string of the molecule is COc1ccccc1NC(=O)COc1ccc(C(=O)N(C2CCC(C)CC2)C2CC2)cc1OC. The van der Waals surface area contributed by atoms with Crippen molar-refractivity contribution in [2.45, 2.75) is 57.5 Å². The van der Waals surface area contributed by atoms with E-state index in [0.717, 1.165) is 31.6 Å². The highest BCUT2D eigenvalue weighted by molar-refractivity contribution is 5.96. The third kappa shape index (κ3) is 5.64. The minimum Gasteiger partial charge on any atom is -0.495 e. The molecule has 0 bridgehead atoms. The van der Waals surface area contributed by atoms with Crippen LogP contribution in [0.25, 0.3) is 0 Å². The molecule has 0 heterocycles. The van der Waals surface area contributed by atoms with Crippen molar-refractivity contribution < 1.29 is 23.8 Å². The van der Waals surface area contributed by atoms with Crippen molar-refractivity contribution >= 4 is 17.5 Å². The first-order chi connectivity index (χ1) is 16.5. The van der Waals surface area contributed by atoms with Gasteiger partial charge in [-0.3, -0.25) is 9.59 Å². The van der Waals surface area contributed by atoms with Crippen molar-refractivity contribution in [2.75, 3.05) is 26.1 Å². The third-order valence-electron chi connectivity index (χ3n) is 6.70. The van der Waals surface area contributed by atoms with Crippen LogP contribution in [0.3, 0.4) is 0 Å². The molecule has 1 N–H and O–H groups in total. The van der Waals surface area contributed by atoms with Gasteiger partial charge in [0.25, 0.3) is 11.8 Å². The smallest absolute Gasteiger partial charge is 0.262 e. The number of hydrogen-bond donors (Lipinski definition) is 1. The summed E-state index contributed by atoms with van der Waals surface area (Å²) in [6.45, 7) is 2.09. The molecule has 2 amide bonds. The van der Waals surface area contributed by atoms with Gasteiger partial charge in [-0.05, 0) is 74.8 Å². The van der Waals surface area contributed by atoms with Crippen molar-refractivity contribution in [2.24, 2.45) is 5.92 Å². The van der Waals surface area contributed by atoms with Crippen LogP contribution >= 0.6 is 0 Å². The summed E-state index contributed by atoms with van der Waals surface area (Å²) in [5.74, 6) is 1.90. The number of carbonyl (C=O) groups is 2. The van der Waals surface area contributed by atoms with Crippen LogP contribution in [0.15, 0.2) is 42.5 Å². The first kappa shape index (κ1) is 23.9. The monoisotopic (exact) mass is 466 g/mol. The normalized spacial score (nSPS) is 19.7. The van der Waals surface area contributed by atoms with Gasteiger partial charge in [-0.1, -0.05) is 19.1 Å². The Labute approximate surface area is 201 Å². The highest BCUT2D eigenvalue weighted by atomic mass is 16.5. The summed E-state index contributed by atoms with van der Waals surface area (Å²) in [5, 5.41) is 2.78. The summed E-state index contributed by atoms with van der Waals surface area (Å²) in [5.41, 5.74) is 1.16. The number of benzene rings is 2. The highest BCUT2D eigenvalue weighted by Crippen LogP contribution is 2.37. The maximum absolute atomic E-state index is 13.5. The van der Waals surface area contributed by atoms with Crippen molar-refractivity contribution in [1.29, 1.82) is 0 Å². The zero-order chi connectivity index (χ0) is 24.1. The lowest BCUT2D eigenvalue weighted by molar-refractivity contribution is -0.118. The van der Waals surface area contributed by atoms with Crippen molar-refractivity contribution in [3.63, 3.8) is 0 Å². The van der Waals surface area contributed by atoms with Gasteiger partial charge in [0.2, 0.25) is 0 Å². The predicted octanol–water partition coefficient (Wildman–Crippen LogP) is 4.90. The number of para-hydroxylation sites is 2. The molecular formula is C27H34N2O5. The molecular weight excluding hydrogens is 432 g/mol. The van der Waals surface area contributed by atoms with E-state index in [9.17, 15) is 9.59 Å². The van der Waals surface area contributed by atoms with Crippen LogP contribution in [0.1, 0.15) is 55.8 Å². The van der Waals surface area contributed by atoms with Crippen LogP contribution in [0.4, 0.5) is 5.69 Å². The fourth-order valence-electron chi connectivity index (χ4n) is 4.65. The number of amides is 2. The van der Waals surface area contributed by atoms with Crippen molar-refractivity contribution in [1.82, 2.24) is 4.90 Å². The molecule has 2 aliphatic rings. The summed E-state index contributed by atoms with van der Waals surface area (Å²) < 4.78 is 16.5. The Bertz CT molecular complexity index is 1010. The summed E-state index contributed by atoms with van der Waals surface area (Å²) in [7, 11) is 3.08. The molecule has 7 heteroatoms. The molecule has 4 rings (SSSR count). The molecule has 2 aliphatic carbocycles. The number of methoxy groups -OCH3 is 2. The van der Waals surface area contributed by atoms with Gasteiger partial charge in [0.15, 0.2) is 18.1 Å². The molecule has 7 nitrogen and oxygen atoms in total. The number of hydrogen-bond acceptors (Lipinski definition) is 5. The first-order valence-corrected chi connectivity index (χ1v) is 12.1. The Hall–Kier alpha value is -3.22. The Kier molecular flexibility index (Phi) is 7.60. The van der Waals surface area contributed by atoms with Crippen LogP contribution in [-0.2, 0) is 4.79 Å². The van der Waals surface area contributed by atoms with E-state index in [2.05, 4.69) is 17.1 Å². The molecule has 0 aliphatic heterocycles. The van der Waals surface area contributed by atoms with Crippen LogP contribution in [0.2, 0.25) is 0 Å². The van der Waals surface area contributed by atoms with Crippen LogP contribution < -0.4 is 19.5 Å². The summed E-state index contributed by atoms with van der Waals surface area (Å²) >= 11 is 0. The van der Waals surface area contributed by atoms with Crippen molar-refractivity contribution in [3.8, 4) is 17.2 Å². The molecule has 34 heavy (non-hydrogen) atoms. The van der Waals surface area contributed by atoms with E-state index >= 15 is 0 Å². The Morgan fingerprint density at radius 1 is 0.882 bits per heavy atom. The lowest BCUT2D eigenvalue weighted by Gasteiger charge is -2.36. The van der Waals surface area contributed by atoms with Gasteiger partial charge >= 0.3 is 0 Å². The quantitative estimate of drug-likeness (QED) is 0.569. The second kappa shape index (κ2) is 10.8. The van der Waals surface area contributed by atoms with E-state index in [1.54, 1.807) is 37.4 Å². The molecule has 0 unspecified atom stereocenters. The number of nitrogens with zero attached hydrogens (tertiary/aromatic N) is 1. The molecule has 2 fully saturated rings. The first-order valence-electron chi connectivity index (χ1n) is 12.1. The topological polar surface area (TPSA) is 77.1 Å². The lowest BCUT2D eigenvalue weighted by Crippen LogP contribution is -2.43. The van der Waals surface area contributed by atoms with Gasteiger partial charge in [-0.15, -0.1) is 0 Å². The number of carbonyl (C=O) groups excluding carboxylic acids is 2. The number of anilines is 1. The van der Waals surface area contributed by atoms with Crippen LogP contribution in [0, 0.1) is 5.92 Å². The minimum atomic E-state index is -0.321. The molecule has 0 spiro atoms. The maximum atomic E-state index is 13.5. The molecule has 0 radical (unpaired) electrons. The largest absolute Gasteiger partial charge is 0.495 e. The molecule has 182 valence electrons. The van der Waals surface area contributed by atoms with Gasteiger partial charge in [-0.2, -0.15) is 0 Å². The fraction of sp³-hybridized carbons (Fsp3) is 0.481. The maximum Gasteiger partial charge on any atom is 0.262 e. The molecule has 0 saturated heterocycles. The number of ether oxygens (including phenoxy) is 3. The lowest BCUT2D eigenvalue weighted by atomic mass is 9.86. The van der Waals surface area contributed by atoms with Gasteiger partial charge in [0, 0.05) is 17.6 Å². The van der Waals surface area contributed by atoms with Gasteiger partial charge in [0.05, 0.1) is 19.9 Å². The average Bonchev–Trinajstić information content (AvgIpc) is 3.69. The minimum absolute atomic E-state index is 0.0563. The molecule has 2 saturated carbocycles. The van der Waals surface area contributed by atoms with E-state index in [0.29, 0.717) is 40.6 Å². The predicted molar refractivity (Wildman–Crippen MR) is 131 cm³/mol. The molecule has 0 aromatic heterocycles. The van der Waals surface area contributed by atoms with E-state index in [1.165, 1.54) is 20.0 Å². The van der Waals surface area contributed by atoms with Crippen LogP contribution in [-0.4, -0.2) is 49.6 Å². The Morgan fingerprint density at radius 2 is 1.53 bits per heavy atom. The highest BCUT2D eigenvalue weighted by Gasteiger charge is 2.39. The summed E-state index contributed by atoms with van der Waals surface area (Å²) in [6, 6.07) is 13.0. The zero-order valence-electron chi connectivity index (χ0n) is 20.2. The number of rotatable bonds is 9. The standard InChI is InChI=1S/C27H34N2O5/c1-18-8-11-20(12-9-18)29(21-13-14-21)27(31)19-10-15-24(25(16-19)33-3)34-17-26(30)28-22-6-4-5-7-23(22)32-2/h4-7,10,15-16,18,20-21H,8-9,11-14,17H2,1-3H3,(H,28,30). The fourth-order valence-corrected chi connectivity index (χ4v) is 4.65. The Morgan fingerprint density at radius 3 is 2.18 bits per heavy atom. The molecule has 2 aromatic carbocycles. The van der Waals surface area contributed by atoms with Gasteiger partial charge < -0.3 is 24.4 Å². The molecule has 2 aromatic rings. The Balaban J connectivity index is 1.41. The van der Waals surface area contributed by atoms with E-state index in [-0.39, 0.29) is 18.4 Å². The number of nitrogens with one attached hydrogen (secondary N) is 1. The summed E-state index contributed by atoms with van der Waals surface area (Å²) in [6.07, 6.45) is 6.66. The van der Waals surface area contributed by atoms with Crippen LogP contribution in [0.5, 0.6) is 17.2 Å². The summed E-state index contributed by atoms with van der Waals surface area (Å²) in [4.78, 5) is 28.0. The third-order valence-corrected chi connectivity index (χ3v) is 6.70. The average molecular weight is 467 g/mol. The van der Waals surface area contributed by atoms with Crippen molar-refractivity contribution in [3.05, 3.63) is 48.0 Å². The molecule has 0 atom stereocenters. The van der Waals surface area contributed by atoms with Gasteiger partial charge in [-0.25, -0.2) is 0 Å². The second-order valence-corrected chi connectivity index (χ2v) is 9.26. The van der Waals surface area contributed by atoms with E-state index in [1.807, 2.05) is 12.1 Å². The van der Waals surface area contributed by atoms with E-state index < -0.39 is 0 Å². The van der Waals surface area contributed by atoms with Gasteiger partial charge in [0.1, 0.15) is 5.75 Å². The zero-order valence-corrected chi connectivity index (χ0v) is 20.2. The van der Waals surface area contributed by atoms with E-state index in [4.69, 9.17) is 14.2 Å².